The van der Waals surface area contributed by atoms with Crippen LogP contribution < -0.4 is 0 Å². The van der Waals surface area contributed by atoms with Gasteiger partial charge in [-0.2, -0.15) is 0 Å². The van der Waals surface area contributed by atoms with Gasteiger partial charge >= 0.3 is 5.97 Å². The van der Waals surface area contributed by atoms with Gasteiger partial charge in [0.2, 0.25) is 5.78 Å². The fraction of sp³-hybridized carbons (Fsp3) is 0.312. The van der Waals surface area contributed by atoms with E-state index in [9.17, 15) is 9.59 Å². The monoisotopic (exact) mass is 303 g/mol. The number of nitrogens with zero attached hydrogens (tertiary/aromatic N) is 1. The first-order valence-corrected chi connectivity index (χ1v) is 7.46. The van der Waals surface area contributed by atoms with Gasteiger partial charge in [0.1, 0.15) is 4.88 Å². The van der Waals surface area contributed by atoms with Crippen LogP contribution in [0.3, 0.4) is 0 Å². The van der Waals surface area contributed by atoms with Gasteiger partial charge in [0.15, 0.2) is 6.10 Å². The van der Waals surface area contributed by atoms with Gasteiger partial charge in [-0.3, -0.25) is 4.79 Å². The molecular weight excluding hydrogens is 286 g/mol. The summed E-state index contributed by atoms with van der Waals surface area (Å²) in [6.07, 6.45) is -0.818. The van der Waals surface area contributed by atoms with Crippen LogP contribution in [0.15, 0.2) is 24.3 Å². The molecule has 1 heterocycles. The Balaban J connectivity index is 2.08. The topological polar surface area (TPSA) is 56.3 Å². The fourth-order valence-corrected chi connectivity index (χ4v) is 2.74. The fourth-order valence-electron chi connectivity index (χ4n) is 1.94. The van der Waals surface area contributed by atoms with Gasteiger partial charge in [0.05, 0.1) is 10.7 Å². The molecule has 0 saturated carbocycles. The van der Waals surface area contributed by atoms with Crippen molar-refractivity contribution in [1.82, 2.24) is 4.98 Å². The minimum Gasteiger partial charge on any atom is -0.450 e. The second-order valence-electron chi connectivity index (χ2n) is 4.93. The third-order valence-electron chi connectivity index (χ3n) is 3.08. The summed E-state index contributed by atoms with van der Waals surface area (Å²) >= 11 is 1.28. The summed E-state index contributed by atoms with van der Waals surface area (Å²) in [5.41, 5.74) is 2.25. The lowest BCUT2D eigenvalue weighted by Gasteiger charge is -2.12. The molecule has 2 rings (SSSR count). The molecule has 0 spiro atoms. The van der Waals surface area contributed by atoms with Crippen LogP contribution in [0.2, 0.25) is 0 Å². The zero-order valence-electron chi connectivity index (χ0n) is 12.5. The predicted molar refractivity (Wildman–Crippen MR) is 82.0 cm³/mol. The van der Waals surface area contributed by atoms with Gasteiger partial charge in [-0.05, 0) is 27.7 Å². The normalized spacial score (nSPS) is 12.0. The molecule has 0 unspecified atom stereocenters. The molecular formula is C16H17NO3S. The van der Waals surface area contributed by atoms with Crippen LogP contribution in [0, 0.1) is 20.8 Å². The summed E-state index contributed by atoms with van der Waals surface area (Å²) in [5.74, 6) is -0.701. The molecule has 4 nitrogen and oxygen atoms in total. The van der Waals surface area contributed by atoms with Crippen molar-refractivity contribution in [2.45, 2.75) is 33.8 Å². The van der Waals surface area contributed by atoms with E-state index in [0.29, 0.717) is 16.1 Å². The number of benzene rings is 1. The maximum atomic E-state index is 12.2. The van der Waals surface area contributed by atoms with Crippen LogP contribution in [0.5, 0.6) is 0 Å². The molecule has 0 bridgehead atoms. The van der Waals surface area contributed by atoms with Crippen LogP contribution in [0.25, 0.3) is 0 Å². The minimum atomic E-state index is -0.818. The van der Waals surface area contributed by atoms with Gasteiger partial charge in [0.25, 0.3) is 0 Å². The van der Waals surface area contributed by atoms with Crippen LogP contribution in [0.4, 0.5) is 0 Å². The van der Waals surface area contributed by atoms with E-state index >= 15 is 0 Å². The number of aromatic nitrogens is 1. The van der Waals surface area contributed by atoms with E-state index in [-0.39, 0.29) is 5.78 Å². The molecule has 0 saturated heterocycles. The van der Waals surface area contributed by atoms with E-state index in [1.807, 2.05) is 26.0 Å². The lowest BCUT2D eigenvalue weighted by Crippen LogP contribution is -2.24. The molecule has 0 radical (unpaired) electrons. The highest BCUT2D eigenvalue weighted by atomic mass is 32.1. The molecule has 0 fully saturated rings. The van der Waals surface area contributed by atoms with Crippen molar-refractivity contribution in [2.75, 3.05) is 0 Å². The van der Waals surface area contributed by atoms with Crippen molar-refractivity contribution in [3.63, 3.8) is 0 Å². The molecule has 1 aromatic carbocycles. The third kappa shape index (κ3) is 3.55. The predicted octanol–water partition coefficient (Wildman–Crippen LogP) is 3.50. The second-order valence-corrected chi connectivity index (χ2v) is 6.13. The Labute approximate surface area is 127 Å². The van der Waals surface area contributed by atoms with Crippen molar-refractivity contribution in [1.29, 1.82) is 0 Å². The van der Waals surface area contributed by atoms with Gasteiger partial charge in [0, 0.05) is 5.56 Å². The average molecular weight is 303 g/mol. The maximum absolute atomic E-state index is 12.2. The molecule has 110 valence electrons. The summed E-state index contributed by atoms with van der Waals surface area (Å²) in [4.78, 5) is 28.9. The van der Waals surface area contributed by atoms with Crippen molar-refractivity contribution >= 4 is 23.1 Å². The Morgan fingerprint density at radius 1 is 1.14 bits per heavy atom. The summed E-state index contributed by atoms with van der Waals surface area (Å²) in [7, 11) is 0. The van der Waals surface area contributed by atoms with Crippen LogP contribution >= 0.6 is 11.3 Å². The molecule has 0 amide bonds. The zero-order valence-corrected chi connectivity index (χ0v) is 13.3. The highest BCUT2D eigenvalue weighted by Gasteiger charge is 2.23. The van der Waals surface area contributed by atoms with Gasteiger partial charge in [-0.15, -0.1) is 11.3 Å². The molecule has 0 aliphatic carbocycles. The maximum Gasteiger partial charge on any atom is 0.350 e. The third-order valence-corrected chi connectivity index (χ3v) is 4.13. The number of aryl methyl sites for hydroxylation is 3. The van der Waals surface area contributed by atoms with E-state index in [0.717, 1.165) is 10.6 Å². The number of thiazole rings is 1. The van der Waals surface area contributed by atoms with Crippen molar-refractivity contribution in [2.24, 2.45) is 0 Å². The minimum absolute atomic E-state index is 0.206. The first-order valence-electron chi connectivity index (χ1n) is 6.64. The van der Waals surface area contributed by atoms with Crippen LogP contribution in [-0.2, 0) is 4.74 Å². The van der Waals surface area contributed by atoms with Gasteiger partial charge in [-0.1, -0.05) is 29.8 Å². The second kappa shape index (κ2) is 6.18. The Morgan fingerprint density at radius 3 is 2.29 bits per heavy atom. The number of ether oxygens (including phenoxy) is 1. The number of ketones is 1. The molecule has 0 N–H and O–H groups in total. The quantitative estimate of drug-likeness (QED) is 0.641. The Bertz CT molecular complexity index is 673. The lowest BCUT2D eigenvalue weighted by atomic mass is 10.1. The molecule has 0 aliphatic rings. The molecule has 1 aromatic heterocycles. The van der Waals surface area contributed by atoms with E-state index in [2.05, 4.69) is 4.98 Å². The number of hydrogen-bond donors (Lipinski definition) is 0. The molecule has 0 aliphatic heterocycles. The Hall–Kier alpha value is -2.01. The van der Waals surface area contributed by atoms with E-state index in [1.54, 1.807) is 26.0 Å². The summed E-state index contributed by atoms with van der Waals surface area (Å²) in [6, 6.07) is 7.20. The largest absolute Gasteiger partial charge is 0.450 e. The molecule has 5 heteroatoms. The first kappa shape index (κ1) is 15.4. The lowest BCUT2D eigenvalue weighted by molar-refractivity contribution is 0.0322. The molecule has 2 aromatic rings. The average Bonchev–Trinajstić information content (AvgIpc) is 2.77. The van der Waals surface area contributed by atoms with E-state index in [1.165, 1.54) is 11.3 Å². The Morgan fingerprint density at radius 2 is 1.76 bits per heavy atom. The summed E-state index contributed by atoms with van der Waals surface area (Å²) < 4.78 is 5.26. The van der Waals surface area contributed by atoms with Gasteiger partial charge in [-0.25, -0.2) is 9.78 Å². The first-order chi connectivity index (χ1) is 9.88. The highest BCUT2D eigenvalue weighted by Crippen LogP contribution is 2.19. The summed E-state index contributed by atoms with van der Waals surface area (Å²) in [5, 5.41) is 0.803. The van der Waals surface area contributed by atoms with Crippen LogP contribution in [0.1, 0.15) is 43.2 Å². The number of carbonyl (C=O) groups is 2. The smallest absolute Gasteiger partial charge is 0.350 e. The summed E-state index contributed by atoms with van der Waals surface area (Å²) in [6.45, 7) is 7.12. The Kier molecular flexibility index (Phi) is 4.53. The number of carbonyl (C=O) groups excluding carboxylic acids is 2. The van der Waals surface area contributed by atoms with Crippen molar-refractivity contribution in [3.05, 3.63) is 51.0 Å². The van der Waals surface area contributed by atoms with Crippen molar-refractivity contribution in [3.8, 4) is 0 Å². The number of rotatable bonds is 4. The van der Waals surface area contributed by atoms with E-state index < -0.39 is 12.1 Å². The number of esters is 1. The van der Waals surface area contributed by atoms with Crippen LogP contribution in [-0.4, -0.2) is 22.8 Å². The number of Topliss-reactive ketones (excluding diaryl/α,β-unsaturated/α-hetero) is 1. The van der Waals surface area contributed by atoms with Crippen molar-refractivity contribution < 1.29 is 14.3 Å². The van der Waals surface area contributed by atoms with E-state index in [4.69, 9.17) is 4.74 Å². The molecule has 1 atom stereocenters. The SMILES string of the molecule is Cc1ccc(C(=O)[C@@H](C)OC(=O)c2sc(C)nc2C)cc1. The standard InChI is InChI=1S/C16H17NO3S/c1-9-5-7-13(8-6-9)14(18)11(3)20-16(19)15-10(2)17-12(4)21-15/h5-8,11H,1-4H3/t11-/m1/s1. The zero-order chi connectivity index (χ0) is 15.6. The highest BCUT2D eigenvalue weighted by molar-refractivity contribution is 7.13. The van der Waals surface area contributed by atoms with Gasteiger partial charge < -0.3 is 4.74 Å². The number of hydrogen-bond acceptors (Lipinski definition) is 5. The molecule has 21 heavy (non-hydrogen) atoms.